The van der Waals surface area contributed by atoms with Gasteiger partial charge in [0.1, 0.15) is 5.75 Å². The van der Waals surface area contributed by atoms with E-state index in [0.717, 1.165) is 17.4 Å². The van der Waals surface area contributed by atoms with Crippen molar-refractivity contribution in [2.45, 2.75) is 45.4 Å². The summed E-state index contributed by atoms with van der Waals surface area (Å²) in [5, 5.41) is 0. The van der Waals surface area contributed by atoms with Crippen LogP contribution in [0.2, 0.25) is 0 Å². The molecule has 0 spiro atoms. The summed E-state index contributed by atoms with van der Waals surface area (Å²) in [7, 11) is 0. The second-order valence-corrected chi connectivity index (χ2v) is 9.07. The van der Waals surface area contributed by atoms with Gasteiger partial charge in [0, 0.05) is 12.9 Å². The molecule has 0 bridgehead atoms. The van der Waals surface area contributed by atoms with Crippen molar-refractivity contribution >= 4 is 18.9 Å². The zero-order valence-corrected chi connectivity index (χ0v) is 19.6. The standard InChI is InChI=1S/C28H30O3S/c1-19-3-5-21(6-4-19)22-7-9-23(10-8-22)25-13-16-27(20(2)17-25)24-11-14-26(15-12-24)30-18-28(29)31-32/h7-17,19,21,32H,3-6,18H2,1-2H3. The molecule has 0 atom stereocenters. The molecule has 0 amide bonds. The Morgan fingerprint density at radius 1 is 0.875 bits per heavy atom. The smallest absolute Gasteiger partial charge is 0.355 e. The highest BCUT2D eigenvalue weighted by Gasteiger charge is 2.19. The van der Waals surface area contributed by atoms with Crippen molar-refractivity contribution in [1.82, 2.24) is 0 Å². The fourth-order valence-electron chi connectivity index (χ4n) is 4.61. The van der Waals surface area contributed by atoms with Gasteiger partial charge in [-0.3, -0.25) is 0 Å². The molecule has 3 aromatic carbocycles. The molecule has 1 fully saturated rings. The van der Waals surface area contributed by atoms with Gasteiger partial charge in [0.05, 0.1) is 0 Å². The predicted octanol–water partition coefficient (Wildman–Crippen LogP) is 7.39. The van der Waals surface area contributed by atoms with Crippen LogP contribution in [-0.4, -0.2) is 12.6 Å². The van der Waals surface area contributed by atoms with Gasteiger partial charge in [0.15, 0.2) is 6.61 Å². The van der Waals surface area contributed by atoms with Gasteiger partial charge < -0.3 is 8.92 Å². The number of carbonyl (C=O) groups is 1. The average molecular weight is 447 g/mol. The number of thiol groups is 1. The van der Waals surface area contributed by atoms with Crippen LogP contribution in [0.25, 0.3) is 22.3 Å². The van der Waals surface area contributed by atoms with Gasteiger partial charge in [-0.05, 0) is 77.1 Å². The Labute approximate surface area is 196 Å². The minimum absolute atomic E-state index is 0.158. The summed E-state index contributed by atoms with van der Waals surface area (Å²) in [6.45, 7) is 4.36. The fourth-order valence-corrected chi connectivity index (χ4v) is 4.66. The van der Waals surface area contributed by atoms with Gasteiger partial charge in [-0.2, -0.15) is 0 Å². The van der Waals surface area contributed by atoms with Crippen LogP contribution in [-0.2, 0) is 8.98 Å². The molecular weight excluding hydrogens is 416 g/mol. The number of hydrogen-bond donors (Lipinski definition) is 1. The fraction of sp³-hybridized carbons (Fsp3) is 0.321. The van der Waals surface area contributed by atoms with E-state index in [-0.39, 0.29) is 6.61 Å². The Kier molecular flexibility index (Phi) is 7.21. The van der Waals surface area contributed by atoms with Crippen LogP contribution in [0.5, 0.6) is 5.75 Å². The monoisotopic (exact) mass is 446 g/mol. The maximum atomic E-state index is 11.2. The Bertz CT molecular complexity index is 1050. The predicted molar refractivity (Wildman–Crippen MR) is 133 cm³/mol. The third-order valence-corrected chi connectivity index (χ3v) is 6.79. The molecule has 0 radical (unpaired) electrons. The van der Waals surface area contributed by atoms with Crippen molar-refractivity contribution in [3.63, 3.8) is 0 Å². The maximum absolute atomic E-state index is 11.2. The first-order chi connectivity index (χ1) is 15.5. The van der Waals surface area contributed by atoms with E-state index < -0.39 is 5.97 Å². The van der Waals surface area contributed by atoms with Crippen LogP contribution in [0.4, 0.5) is 0 Å². The lowest BCUT2D eigenvalue weighted by Gasteiger charge is -2.26. The lowest BCUT2D eigenvalue weighted by Crippen LogP contribution is -2.10. The number of benzene rings is 3. The second-order valence-electron chi connectivity index (χ2n) is 8.88. The molecule has 0 saturated heterocycles. The van der Waals surface area contributed by atoms with E-state index in [1.165, 1.54) is 53.5 Å². The summed E-state index contributed by atoms with van der Waals surface area (Å²) in [5.74, 6) is 1.70. The van der Waals surface area contributed by atoms with E-state index in [2.05, 4.69) is 73.4 Å². The number of rotatable bonds is 6. The van der Waals surface area contributed by atoms with Crippen molar-refractivity contribution in [2.75, 3.05) is 6.61 Å². The van der Waals surface area contributed by atoms with Gasteiger partial charge in [0.2, 0.25) is 0 Å². The number of ether oxygens (including phenoxy) is 1. The van der Waals surface area contributed by atoms with Gasteiger partial charge in [-0.1, -0.05) is 74.4 Å². The number of hydrogen-bond acceptors (Lipinski definition) is 4. The second kappa shape index (κ2) is 10.3. The molecule has 3 aromatic rings. The summed E-state index contributed by atoms with van der Waals surface area (Å²) in [4.78, 5) is 11.2. The lowest BCUT2D eigenvalue weighted by atomic mass is 9.79. The van der Waals surface area contributed by atoms with E-state index in [1.807, 2.05) is 24.3 Å². The maximum Gasteiger partial charge on any atom is 0.355 e. The summed E-state index contributed by atoms with van der Waals surface area (Å²) in [5.41, 5.74) is 7.50. The SMILES string of the molecule is Cc1cc(-c2ccc(C3CCC(C)CC3)cc2)ccc1-c1ccc(OCC(=O)OS)cc1. The van der Waals surface area contributed by atoms with E-state index >= 15 is 0 Å². The minimum atomic E-state index is -0.523. The Balaban J connectivity index is 1.45. The van der Waals surface area contributed by atoms with E-state index in [0.29, 0.717) is 5.75 Å². The van der Waals surface area contributed by atoms with Gasteiger partial charge in [0.25, 0.3) is 0 Å². The Morgan fingerprint density at radius 3 is 2.12 bits per heavy atom. The lowest BCUT2D eigenvalue weighted by molar-refractivity contribution is -0.135. The zero-order chi connectivity index (χ0) is 22.5. The Morgan fingerprint density at radius 2 is 1.50 bits per heavy atom. The van der Waals surface area contributed by atoms with Crippen LogP contribution >= 0.6 is 12.9 Å². The summed E-state index contributed by atoms with van der Waals surface area (Å²) in [6, 6.07) is 23.5. The number of aryl methyl sites for hydroxylation is 1. The molecule has 4 rings (SSSR count). The summed E-state index contributed by atoms with van der Waals surface area (Å²) >= 11 is 3.47. The van der Waals surface area contributed by atoms with Crippen LogP contribution in [0.15, 0.2) is 66.7 Å². The third kappa shape index (κ3) is 5.36. The molecule has 0 N–H and O–H groups in total. The van der Waals surface area contributed by atoms with Gasteiger partial charge in [-0.25, -0.2) is 4.79 Å². The summed E-state index contributed by atoms with van der Waals surface area (Å²) in [6.07, 6.45) is 5.33. The average Bonchev–Trinajstić information content (AvgIpc) is 2.83. The van der Waals surface area contributed by atoms with Crippen molar-refractivity contribution in [2.24, 2.45) is 5.92 Å². The van der Waals surface area contributed by atoms with E-state index in [1.54, 1.807) is 0 Å². The molecule has 32 heavy (non-hydrogen) atoms. The molecule has 0 aromatic heterocycles. The van der Waals surface area contributed by atoms with Crippen LogP contribution < -0.4 is 4.74 Å². The summed E-state index contributed by atoms with van der Waals surface area (Å²) < 4.78 is 9.69. The van der Waals surface area contributed by atoms with Crippen molar-refractivity contribution < 1.29 is 13.7 Å². The molecule has 166 valence electrons. The topological polar surface area (TPSA) is 35.5 Å². The van der Waals surface area contributed by atoms with E-state index in [4.69, 9.17) is 4.74 Å². The molecule has 1 aliphatic carbocycles. The third-order valence-electron chi connectivity index (χ3n) is 6.58. The molecule has 0 unspecified atom stereocenters. The molecule has 3 nitrogen and oxygen atoms in total. The molecular formula is C28H30O3S. The molecule has 0 heterocycles. The zero-order valence-electron chi connectivity index (χ0n) is 18.7. The molecule has 1 aliphatic rings. The highest BCUT2D eigenvalue weighted by molar-refractivity contribution is 7.75. The molecule has 0 aliphatic heterocycles. The number of carbonyl (C=O) groups excluding carboxylic acids is 1. The van der Waals surface area contributed by atoms with Crippen molar-refractivity contribution in [1.29, 1.82) is 0 Å². The first-order valence-electron chi connectivity index (χ1n) is 11.3. The van der Waals surface area contributed by atoms with Gasteiger partial charge in [-0.15, -0.1) is 0 Å². The first kappa shape index (κ1) is 22.5. The minimum Gasteiger partial charge on any atom is -0.482 e. The highest BCUT2D eigenvalue weighted by Crippen LogP contribution is 2.36. The van der Waals surface area contributed by atoms with Gasteiger partial charge >= 0.3 is 5.97 Å². The Hall–Kier alpha value is -2.72. The first-order valence-corrected chi connectivity index (χ1v) is 11.7. The largest absolute Gasteiger partial charge is 0.482 e. The van der Waals surface area contributed by atoms with E-state index in [9.17, 15) is 4.79 Å². The van der Waals surface area contributed by atoms with Crippen molar-refractivity contribution in [3.05, 3.63) is 77.9 Å². The normalized spacial score (nSPS) is 18.2. The van der Waals surface area contributed by atoms with Crippen LogP contribution in [0.3, 0.4) is 0 Å². The van der Waals surface area contributed by atoms with Crippen molar-refractivity contribution in [3.8, 4) is 28.0 Å². The van der Waals surface area contributed by atoms with Crippen LogP contribution in [0.1, 0.15) is 49.7 Å². The van der Waals surface area contributed by atoms with Crippen LogP contribution in [0, 0.1) is 12.8 Å². The quantitative estimate of drug-likeness (QED) is 0.317. The highest BCUT2D eigenvalue weighted by atomic mass is 32.1. The molecule has 1 saturated carbocycles. The molecule has 4 heteroatoms.